The van der Waals surface area contributed by atoms with Crippen molar-refractivity contribution in [1.82, 2.24) is 20.0 Å². The number of para-hydroxylation sites is 1. The molecule has 0 bridgehead atoms. The Morgan fingerprint density at radius 1 is 0.968 bits per heavy atom. The topological polar surface area (TPSA) is 53.4 Å². The predicted octanol–water partition coefficient (Wildman–Crippen LogP) is 3.24. The van der Waals surface area contributed by atoms with Crippen LogP contribution in [0.3, 0.4) is 0 Å². The molecule has 0 atom stereocenters. The lowest BCUT2D eigenvalue weighted by molar-refractivity contribution is -0.122. The highest BCUT2D eigenvalue weighted by atomic mass is 16.2. The number of hydrogen-bond acceptors (Lipinski definition) is 4. The van der Waals surface area contributed by atoms with Crippen molar-refractivity contribution in [3.8, 4) is 5.69 Å². The van der Waals surface area contributed by atoms with Crippen LogP contribution in [-0.2, 0) is 11.3 Å². The van der Waals surface area contributed by atoms with Crippen molar-refractivity contribution in [3.05, 3.63) is 77.1 Å². The van der Waals surface area contributed by atoms with E-state index >= 15 is 0 Å². The molecule has 1 aliphatic heterocycles. The molecule has 1 aromatic heterocycles. The van der Waals surface area contributed by atoms with Crippen LogP contribution in [0.2, 0.25) is 0 Å². The van der Waals surface area contributed by atoms with Gasteiger partial charge in [0.15, 0.2) is 0 Å². The van der Waals surface area contributed by atoms with Crippen molar-refractivity contribution < 1.29 is 4.79 Å². The van der Waals surface area contributed by atoms with Gasteiger partial charge >= 0.3 is 0 Å². The van der Waals surface area contributed by atoms with Crippen LogP contribution in [0, 0.1) is 20.8 Å². The molecule has 0 aliphatic carbocycles. The van der Waals surface area contributed by atoms with E-state index in [-0.39, 0.29) is 5.91 Å². The van der Waals surface area contributed by atoms with Gasteiger partial charge in [-0.05, 0) is 50.6 Å². The molecule has 3 aromatic rings. The molecule has 162 valence electrons. The van der Waals surface area contributed by atoms with Crippen molar-refractivity contribution in [2.45, 2.75) is 27.3 Å². The molecule has 0 saturated carbocycles. The maximum atomic E-state index is 12.5. The van der Waals surface area contributed by atoms with E-state index in [4.69, 9.17) is 0 Å². The van der Waals surface area contributed by atoms with E-state index in [1.54, 1.807) is 0 Å². The number of nitrogens with zero attached hydrogens (tertiary/aromatic N) is 4. The number of aryl methyl sites for hydroxylation is 3. The van der Waals surface area contributed by atoms with E-state index in [0.717, 1.165) is 43.3 Å². The third-order valence-electron chi connectivity index (χ3n) is 5.84. The second-order valence-electron chi connectivity index (χ2n) is 8.35. The van der Waals surface area contributed by atoms with E-state index in [9.17, 15) is 4.79 Å². The number of nitrogens with one attached hydrogen (secondary N) is 1. The number of rotatable bonds is 6. The minimum atomic E-state index is 0.0480. The lowest BCUT2D eigenvalue weighted by atomic mass is 10.1. The Morgan fingerprint density at radius 2 is 1.71 bits per heavy atom. The molecule has 6 nitrogen and oxygen atoms in total. The number of amides is 1. The quantitative estimate of drug-likeness (QED) is 0.669. The maximum Gasteiger partial charge on any atom is 0.234 e. The second kappa shape index (κ2) is 9.35. The molecule has 1 fully saturated rings. The third-order valence-corrected chi connectivity index (χ3v) is 5.84. The Bertz CT molecular complexity index is 1040. The summed E-state index contributed by atoms with van der Waals surface area (Å²) in [6, 6.07) is 18.7. The highest BCUT2D eigenvalue weighted by Gasteiger charge is 2.20. The van der Waals surface area contributed by atoms with Gasteiger partial charge in [0.1, 0.15) is 0 Å². The van der Waals surface area contributed by atoms with Gasteiger partial charge in [-0.15, -0.1) is 0 Å². The fourth-order valence-corrected chi connectivity index (χ4v) is 4.21. The summed E-state index contributed by atoms with van der Waals surface area (Å²) >= 11 is 0. The summed E-state index contributed by atoms with van der Waals surface area (Å²) in [4.78, 5) is 17.1. The van der Waals surface area contributed by atoms with E-state index in [2.05, 4.69) is 52.3 Å². The molecule has 0 spiro atoms. The fraction of sp³-hybridized carbons (Fsp3) is 0.360. The van der Waals surface area contributed by atoms with Gasteiger partial charge < -0.3 is 10.2 Å². The number of carbonyl (C=O) groups is 1. The van der Waals surface area contributed by atoms with Crippen LogP contribution in [0.5, 0.6) is 0 Å². The molecule has 31 heavy (non-hydrogen) atoms. The molecule has 1 N–H and O–H groups in total. The number of anilines is 1. The normalized spacial score (nSPS) is 14.6. The number of carbonyl (C=O) groups excluding carboxylic acids is 1. The molecule has 0 unspecified atom stereocenters. The summed E-state index contributed by atoms with van der Waals surface area (Å²) in [5, 5.41) is 7.66. The van der Waals surface area contributed by atoms with Crippen LogP contribution in [0.1, 0.15) is 22.5 Å². The monoisotopic (exact) mass is 417 g/mol. The molecule has 2 aromatic carbocycles. The zero-order valence-electron chi connectivity index (χ0n) is 18.6. The molecule has 1 amide bonds. The summed E-state index contributed by atoms with van der Waals surface area (Å²) < 4.78 is 1.91. The highest BCUT2D eigenvalue weighted by molar-refractivity contribution is 5.78. The van der Waals surface area contributed by atoms with E-state index in [1.165, 1.54) is 16.8 Å². The molecule has 0 radical (unpaired) electrons. The zero-order chi connectivity index (χ0) is 21.8. The minimum absolute atomic E-state index is 0.0480. The number of hydrogen-bond donors (Lipinski definition) is 1. The smallest absolute Gasteiger partial charge is 0.234 e. The van der Waals surface area contributed by atoms with Crippen LogP contribution < -0.4 is 10.2 Å². The Kier molecular flexibility index (Phi) is 6.37. The second-order valence-corrected chi connectivity index (χ2v) is 8.35. The zero-order valence-corrected chi connectivity index (χ0v) is 18.6. The van der Waals surface area contributed by atoms with Gasteiger partial charge in [-0.3, -0.25) is 9.69 Å². The molecule has 1 saturated heterocycles. The van der Waals surface area contributed by atoms with Gasteiger partial charge in [-0.1, -0.05) is 35.9 Å². The molecular formula is C25H31N5O. The van der Waals surface area contributed by atoms with Crippen LogP contribution in [0.15, 0.2) is 54.6 Å². The SMILES string of the molecule is Cc1ccc(N2CCN(CC(=O)NCc3cc(C)n(-c4ccccc4)n3)CC2)c(C)c1. The molecule has 1 aliphatic rings. The van der Waals surface area contributed by atoms with Crippen molar-refractivity contribution >= 4 is 11.6 Å². The summed E-state index contributed by atoms with van der Waals surface area (Å²) in [7, 11) is 0. The van der Waals surface area contributed by atoms with Gasteiger partial charge in [-0.25, -0.2) is 4.68 Å². The third kappa shape index (κ3) is 5.14. The van der Waals surface area contributed by atoms with Crippen LogP contribution >= 0.6 is 0 Å². The Morgan fingerprint density at radius 3 is 2.42 bits per heavy atom. The first-order valence-electron chi connectivity index (χ1n) is 10.9. The van der Waals surface area contributed by atoms with Gasteiger partial charge in [0.25, 0.3) is 0 Å². The van der Waals surface area contributed by atoms with Crippen LogP contribution in [-0.4, -0.2) is 53.3 Å². The highest BCUT2D eigenvalue weighted by Crippen LogP contribution is 2.22. The first kappa shape index (κ1) is 21.1. The Balaban J connectivity index is 1.26. The average molecular weight is 418 g/mol. The van der Waals surface area contributed by atoms with Gasteiger partial charge in [0.05, 0.1) is 24.5 Å². The van der Waals surface area contributed by atoms with E-state index in [0.29, 0.717) is 13.1 Å². The van der Waals surface area contributed by atoms with Crippen molar-refractivity contribution in [2.75, 3.05) is 37.6 Å². The summed E-state index contributed by atoms with van der Waals surface area (Å²) in [6.07, 6.45) is 0. The first-order valence-corrected chi connectivity index (χ1v) is 10.9. The van der Waals surface area contributed by atoms with E-state index < -0.39 is 0 Å². The minimum Gasteiger partial charge on any atom is -0.369 e. The van der Waals surface area contributed by atoms with Gasteiger partial charge in [0.2, 0.25) is 5.91 Å². The summed E-state index contributed by atoms with van der Waals surface area (Å²) in [5.74, 6) is 0.0480. The van der Waals surface area contributed by atoms with Gasteiger partial charge in [0, 0.05) is 37.6 Å². The maximum absolute atomic E-state index is 12.5. The largest absolute Gasteiger partial charge is 0.369 e. The first-order chi connectivity index (χ1) is 15.0. The molecule has 2 heterocycles. The predicted molar refractivity (Wildman–Crippen MR) is 125 cm³/mol. The van der Waals surface area contributed by atoms with Crippen molar-refractivity contribution in [3.63, 3.8) is 0 Å². The molecule has 6 heteroatoms. The lowest BCUT2D eigenvalue weighted by Gasteiger charge is -2.36. The standard InChI is InChI=1S/C25H31N5O/c1-19-9-10-24(20(2)15-19)29-13-11-28(12-14-29)18-25(31)26-17-22-16-21(3)30(27-22)23-7-5-4-6-8-23/h4-10,15-16H,11-14,17-18H2,1-3H3,(H,26,31). The van der Waals surface area contributed by atoms with Crippen molar-refractivity contribution in [1.29, 1.82) is 0 Å². The fourth-order valence-electron chi connectivity index (χ4n) is 4.21. The van der Waals surface area contributed by atoms with E-state index in [1.807, 2.05) is 48.0 Å². The lowest BCUT2D eigenvalue weighted by Crippen LogP contribution is -2.49. The summed E-state index contributed by atoms with van der Waals surface area (Å²) in [6.45, 7) is 10.9. The molecular weight excluding hydrogens is 386 g/mol. The van der Waals surface area contributed by atoms with Crippen molar-refractivity contribution in [2.24, 2.45) is 0 Å². The van der Waals surface area contributed by atoms with Gasteiger partial charge in [-0.2, -0.15) is 5.10 Å². The van der Waals surface area contributed by atoms with Crippen LogP contribution in [0.4, 0.5) is 5.69 Å². The number of aromatic nitrogens is 2. The average Bonchev–Trinajstić information content (AvgIpc) is 3.14. The summed E-state index contributed by atoms with van der Waals surface area (Å²) in [5.41, 5.74) is 6.86. The number of piperazine rings is 1. The van der Waals surface area contributed by atoms with Crippen LogP contribution in [0.25, 0.3) is 5.69 Å². The number of benzene rings is 2. The Labute approximate surface area is 184 Å². The molecule has 4 rings (SSSR count). The Hall–Kier alpha value is -3.12.